The second kappa shape index (κ2) is 7.12. The molecule has 2 aliphatic heterocycles. The summed E-state index contributed by atoms with van der Waals surface area (Å²) in [5.41, 5.74) is 2.86. The van der Waals surface area contributed by atoms with Crippen LogP contribution in [0.4, 0.5) is 4.79 Å². The van der Waals surface area contributed by atoms with Crippen molar-refractivity contribution in [1.29, 1.82) is 0 Å². The van der Waals surface area contributed by atoms with Gasteiger partial charge in [-0.1, -0.05) is 42.5 Å². The molecular formula is C26H25NO5. The number of carbonyl (C=O) groups is 2. The Morgan fingerprint density at radius 3 is 2.88 bits per heavy atom. The van der Waals surface area contributed by atoms with Crippen LogP contribution in [0.15, 0.2) is 54.6 Å². The first-order valence-corrected chi connectivity index (χ1v) is 11.3. The molecule has 1 saturated heterocycles. The highest BCUT2D eigenvalue weighted by molar-refractivity contribution is 5.98. The molecule has 1 spiro atoms. The van der Waals surface area contributed by atoms with Gasteiger partial charge in [-0.3, -0.25) is 4.79 Å². The van der Waals surface area contributed by atoms with Crippen LogP contribution in [0.1, 0.15) is 30.0 Å². The number of ketones is 1. The van der Waals surface area contributed by atoms with Crippen molar-refractivity contribution in [2.75, 3.05) is 13.2 Å². The van der Waals surface area contributed by atoms with Crippen LogP contribution in [0.3, 0.4) is 0 Å². The highest BCUT2D eigenvalue weighted by Crippen LogP contribution is 2.62. The minimum atomic E-state index is -0.570. The van der Waals surface area contributed by atoms with Crippen LogP contribution in [-0.2, 0) is 28.0 Å². The zero-order chi connectivity index (χ0) is 21.9. The van der Waals surface area contributed by atoms with E-state index in [1.165, 1.54) is 0 Å². The summed E-state index contributed by atoms with van der Waals surface area (Å²) in [7, 11) is 0. The summed E-state index contributed by atoms with van der Waals surface area (Å²) in [4.78, 5) is 27.5. The molecule has 0 N–H and O–H groups in total. The molecule has 32 heavy (non-hydrogen) atoms. The second-order valence-corrected chi connectivity index (χ2v) is 8.94. The number of carbonyl (C=O) groups excluding carboxylic acids is 2. The third-order valence-corrected chi connectivity index (χ3v) is 7.45. The van der Waals surface area contributed by atoms with Gasteiger partial charge in [-0.25, -0.2) is 4.79 Å². The predicted octanol–water partition coefficient (Wildman–Crippen LogP) is 3.81. The van der Waals surface area contributed by atoms with E-state index in [0.717, 1.165) is 16.7 Å². The Hall–Kier alpha value is -3.28. The van der Waals surface area contributed by atoms with E-state index in [2.05, 4.69) is 6.07 Å². The lowest BCUT2D eigenvalue weighted by molar-refractivity contribution is -0.127. The predicted molar refractivity (Wildman–Crippen MR) is 117 cm³/mol. The van der Waals surface area contributed by atoms with Gasteiger partial charge in [0.2, 0.25) is 0 Å². The quantitative estimate of drug-likeness (QED) is 0.737. The summed E-state index contributed by atoms with van der Waals surface area (Å²) in [6, 6.07) is 14.0. The molecule has 2 aromatic rings. The number of ether oxygens (including phenoxy) is 3. The molecule has 0 unspecified atom stereocenters. The van der Waals surface area contributed by atoms with E-state index in [1.54, 1.807) is 6.08 Å². The van der Waals surface area contributed by atoms with Crippen molar-refractivity contribution in [2.24, 2.45) is 5.92 Å². The average Bonchev–Trinajstić information content (AvgIpc) is 3.15. The van der Waals surface area contributed by atoms with Crippen molar-refractivity contribution in [3.05, 3.63) is 71.3 Å². The van der Waals surface area contributed by atoms with Crippen molar-refractivity contribution in [1.82, 2.24) is 4.90 Å². The molecule has 4 aliphatic rings. The fraction of sp³-hybridized carbons (Fsp3) is 0.385. The number of hydrogen-bond acceptors (Lipinski definition) is 5. The first-order chi connectivity index (χ1) is 15.6. The zero-order valence-electron chi connectivity index (χ0n) is 18.0. The summed E-state index contributed by atoms with van der Waals surface area (Å²) in [6.07, 6.45) is 4.15. The van der Waals surface area contributed by atoms with Crippen LogP contribution < -0.4 is 9.47 Å². The van der Waals surface area contributed by atoms with Gasteiger partial charge in [0.25, 0.3) is 0 Å². The highest BCUT2D eigenvalue weighted by atomic mass is 16.6. The molecule has 6 nitrogen and oxygen atoms in total. The molecule has 0 saturated carbocycles. The van der Waals surface area contributed by atoms with E-state index < -0.39 is 11.5 Å². The number of piperidine rings is 1. The Kier molecular flexibility index (Phi) is 4.32. The molecule has 2 heterocycles. The number of hydrogen-bond donors (Lipinski definition) is 0. The third-order valence-electron chi connectivity index (χ3n) is 7.45. The monoisotopic (exact) mass is 431 g/mol. The molecule has 0 aromatic heterocycles. The fourth-order valence-electron chi connectivity index (χ4n) is 6.17. The van der Waals surface area contributed by atoms with Gasteiger partial charge in [-0.15, -0.1) is 0 Å². The van der Waals surface area contributed by atoms with Crippen LogP contribution in [0.25, 0.3) is 0 Å². The van der Waals surface area contributed by atoms with E-state index in [4.69, 9.17) is 14.2 Å². The third kappa shape index (κ3) is 2.58. The van der Waals surface area contributed by atoms with Crippen LogP contribution in [0, 0.1) is 5.92 Å². The van der Waals surface area contributed by atoms with E-state index in [9.17, 15) is 9.59 Å². The summed E-state index contributed by atoms with van der Waals surface area (Å²) >= 11 is 0. The Labute approximate surface area is 186 Å². The summed E-state index contributed by atoms with van der Waals surface area (Å²) in [5, 5.41) is 0. The van der Waals surface area contributed by atoms with Crippen molar-refractivity contribution < 1.29 is 23.8 Å². The molecule has 6 heteroatoms. The van der Waals surface area contributed by atoms with Crippen LogP contribution >= 0.6 is 0 Å². The first-order valence-electron chi connectivity index (χ1n) is 11.3. The van der Waals surface area contributed by atoms with Gasteiger partial charge >= 0.3 is 6.09 Å². The normalized spacial score (nSPS) is 28.7. The SMILES string of the molecule is CCOC(=O)N1CC[C@]23c4c5ccc(OCc6ccccc6)c4O[C@H]2C(=O)C=C[C@H]3[C@H]1C5. The standard InChI is InChI=1S/C26H25NO5/c1-2-30-25(29)27-13-12-26-18-9-10-20(28)24(26)32-23-21(31-15-16-6-4-3-5-7-16)11-8-17(22(23)26)14-19(18)27/h3-11,18-19,24H,2,12-15H2,1H3/t18-,19+,24-,26-/m0/s1. The van der Waals surface area contributed by atoms with E-state index >= 15 is 0 Å². The molecule has 1 fully saturated rings. The van der Waals surface area contributed by atoms with E-state index in [-0.39, 0.29) is 23.8 Å². The van der Waals surface area contributed by atoms with E-state index in [0.29, 0.717) is 44.1 Å². The molecule has 0 radical (unpaired) electrons. The lowest BCUT2D eigenvalue weighted by atomic mass is 9.53. The topological polar surface area (TPSA) is 65.1 Å². The number of nitrogens with zero attached hydrogens (tertiary/aromatic N) is 1. The fourth-order valence-corrected chi connectivity index (χ4v) is 6.17. The smallest absolute Gasteiger partial charge is 0.410 e. The largest absolute Gasteiger partial charge is 0.485 e. The molecule has 1 amide bonds. The van der Waals surface area contributed by atoms with Crippen molar-refractivity contribution in [3.8, 4) is 11.5 Å². The number of benzene rings is 2. The molecule has 164 valence electrons. The number of rotatable bonds is 4. The Bertz CT molecular complexity index is 1130. The minimum Gasteiger partial charge on any atom is -0.485 e. The Morgan fingerprint density at radius 1 is 1.22 bits per heavy atom. The maximum Gasteiger partial charge on any atom is 0.410 e. The highest BCUT2D eigenvalue weighted by Gasteiger charge is 2.65. The molecular weight excluding hydrogens is 406 g/mol. The van der Waals surface area contributed by atoms with Gasteiger partial charge in [0.1, 0.15) is 6.61 Å². The lowest BCUT2D eigenvalue weighted by Gasteiger charge is -2.55. The molecule has 4 atom stereocenters. The van der Waals surface area contributed by atoms with E-state index in [1.807, 2.05) is 54.3 Å². The Morgan fingerprint density at radius 2 is 2.06 bits per heavy atom. The van der Waals surface area contributed by atoms with Gasteiger partial charge in [0.05, 0.1) is 12.0 Å². The molecule has 2 aromatic carbocycles. The van der Waals surface area contributed by atoms with Gasteiger partial charge < -0.3 is 19.1 Å². The molecule has 2 aliphatic carbocycles. The number of likely N-dealkylation sites (tertiary alicyclic amines) is 1. The van der Waals surface area contributed by atoms with Crippen molar-refractivity contribution >= 4 is 11.9 Å². The maximum atomic E-state index is 13.0. The van der Waals surface area contributed by atoms with Crippen molar-refractivity contribution in [2.45, 2.75) is 43.9 Å². The first kappa shape index (κ1) is 19.4. The van der Waals surface area contributed by atoms with Crippen LogP contribution in [-0.4, -0.2) is 42.1 Å². The average molecular weight is 431 g/mol. The van der Waals surface area contributed by atoms with Gasteiger partial charge in [0, 0.05) is 24.1 Å². The van der Waals surface area contributed by atoms with Crippen LogP contribution in [0.5, 0.6) is 11.5 Å². The molecule has 6 rings (SSSR count). The van der Waals surface area contributed by atoms with Crippen molar-refractivity contribution in [3.63, 3.8) is 0 Å². The summed E-state index contributed by atoms with van der Waals surface area (Å²) < 4.78 is 17.9. The van der Waals surface area contributed by atoms with Crippen LogP contribution in [0.2, 0.25) is 0 Å². The Balaban J connectivity index is 1.42. The minimum absolute atomic E-state index is 0.0114. The van der Waals surface area contributed by atoms with Gasteiger partial charge in [-0.2, -0.15) is 0 Å². The molecule has 2 bridgehead atoms. The maximum absolute atomic E-state index is 13.0. The zero-order valence-corrected chi connectivity index (χ0v) is 18.0. The summed E-state index contributed by atoms with van der Waals surface area (Å²) in [5.74, 6) is 1.38. The van der Waals surface area contributed by atoms with Gasteiger partial charge in [-0.05, 0) is 43.0 Å². The number of amides is 1. The van der Waals surface area contributed by atoms with Gasteiger partial charge in [0.15, 0.2) is 23.4 Å². The second-order valence-electron chi connectivity index (χ2n) is 8.94. The lowest BCUT2D eigenvalue weighted by Crippen LogP contribution is -2.65. The summed E-state index contributed by atoms with van der Waals surface area (Å²) in [6.45, 7) is 3.15.